The van der Waals surface area contributed by atoms with Crippen LogP contribution >= 0.6 is 11.8 Å². The van der Waals surface area contributed by atoms with E-state index in [0.29, 0.717) is 18.0 Å². The van der Waals surface area contributed by atoms with Crippen molar-refractivity contribution in [3.8, 4) is 0 Å². The van der Waals surface area contributed by atoms with E-state index in [0.717, 1.165) is 4.90 Å². The van der Waals surface area contributed by atoms with Gasteiger partial charge in [0.2, 0.25) is 0 Å². The van der Waals surface area contributed by atoms with Gasteiger partial charge in [-0.3, -0.25) is 4.68 Å². The molecule has 1 aromatic carbocycles. The summed E-state index contributed by atoms with van der Waals surface area (Å²) in [5.41, 5.74) is 5.96. The SMILES string of the molecule is Nc1cc(F)ccc1SCCn1cc(C(=O)O)nn1. The van der Waals surface area contributed by atoms with E-state index in [1.54, 1.807) is 6.07 Å². The number of carboxylic acids is 1. The van der Waals surface area contributed by atoms with Gasteiger partial charge in [0.05, 0.1) is 12.7 Å². The smallest absolute Gasteiger partial charge is 0.358 e. The molecule has 19 heavy (non-hydrogen) atoms. The molecule has 0 amide bonds. The Morgan fingerprint density at radius 2 is 2.32 bits per heavy atom. The number of rotatable bonds is 5. The zero-order valence-corrected chi connectivity index (χ0v) is 10.6. The Morgan fingerprint density at radius 1 is 1.53 bits per heavy atom. The highest BCUT2D eigenvalue weighted by Crippen LogP contribution is 2.25. The molecule has 6 nitrogen and oxygen atoms in total. The van der Waals surface area contributed by atoms with Crippen molar-refractivity contribution < 1.29 is 14.3 Å². The average Bonchev–Trinajstić information content (AvgIpc) is 2.81. The quantitative estimate of drug-likeness (QED) is 0.637. The zero-order chi connectivity index (χ0) is 13.8. The van der Waals surface area contributed by atoms with Crippen LogP contribution in [0.15, 0.2) is 29.3 Å². The molecule has 1 aromatic heterocycles. The highest BCUT2D eigenvalue weighted by Gasteiger charge is 2.08. The first-order valence-electron chi connectivity index (χ1n) is 5.37. The normalized spacial score (nSPS) is 10.6. The summed E-state index contributed by atoms with van der Waals surface area (Å²) in [6.07, 6.45) is 1.36. The van der Waals surface area contributed by atoms with Crippen LogP contribution in [0, 0.1) is 5.82 Å². The summed E-state index contributed by atoms with van der Waals surface area (Å²) in [7, 11) is 0. The van der Waals surface area contributed by atoms with Gasteiger partial charge in [0.15, 0.2) is 5.69 Å². The van der Waals surface area contributed by atoms with Crippen LogP contribution in [0.2, 0.25) is 0 Å². The molecule has 0 bridgehead atoms. The number of aromatic carboxylic acids is 1. The second-order valence-electron chi connectivity index (χ2n) is 3.70. The number of carbonyl (C=O) groups is 1. The number of carboxylic acid groups (broad SMARTS) is 1. The Bertz CT molecular complexity index is 602. The fourth-order valence-corrected chi connectivity index (χ4v) is 2.29. The number of aromatic nitrogens is 3. The molecule has 2 rings (SSSR count). The van der Waals surface area contributed by atoms with E-state index >= 15 is 0 Å². The molecule has 3 N–H and O–H groups in total. The Hall–Kier alpha value is -2.09. The molecule has 0 fully saturated rings. The number of thioether (sulfide) groups is 1. The summed E-state index contributed by atoms with van der Waals surface area (Å²) in [4.78, 5) is 11.4. The molecule has 0 saturated carbocycles. The monoisotopic (exact) mass is 282 g/mol. The van der Waals surface area contributed by atoms with E-state index in [1.807, 2.05) is 0 Å². The van der Waals surface area contributed by atoms with Gasteiger partial charge in [0.25, 0.3) is 0 Å². The van der Waals surface area contributed by atoms with Crippen LogP contribution in [0.25, 0.3) is 0 Å². The molecule has 2 aromatic rings. The fourth-order valence-electron chi connectivity index (χ4n) is 1.41. The highest BCUT2D eigenvalue weighted by molar-refractivity contribution is 7.99. The number of halogens is 1. The number of aryl methyl sites for hydroxylation is 1. The molecular weight excluding hydrogens is 271 g/mol. The van der Waals surface area contributed by atoms with Crippen LogP contribution < -0.4 is 5.73 Å². The van der Waals surface area contributed by atoms with Gasteiger partial charge in [-0.25, -0.2) is 9.18 Å². The molecular formula is C11H11FN4O2S. The summed E-state index contributed by atoms with van der Waals surface area (Å²) in [6, 6.07) is 4.22. The van der Waals surface area contributed by atoms with Crippen molar-refractivity contribution in [2.75, 3.05) is 11.5 Å². The van der Waals surface area contributed by atoms with Gasteiger partial charge in [0.1, 0.15) is 5.82 Å². The summed E-state index contributed by atoms with van der Waals surface area (Å²) in [6.45, 7) is 0.488. The maximum absolute atomic E-state index is 12.8. The van der Waals surface area contributed by atoms with Gasteiger partial charge in [-0.15, -0.1) is 16.9 Å². The van der Waals surface area contributed by atoms with E-state index in [1.165, 1.54) is 34.8 Å². The van der Waals surface area contributed by atoms with Crippen molar-refractivity contribution in [2.24, 2.45) is 0 Å². The van der Waals surface area contributed by atoms with Crippen molar-refractivity contribution in [3.05, 3.63) is 35.9 Å². The lowest BCUT2D eigenvalue weighted by molar-refractivity contribution is 0.0690. The number of nitrogen functional groups attached to an aromatic ring is 1. The van der Waals surface area contributed by atoms with Gasteiger partial charge in [0, 0.05) is 16.3 Å². The lowest BCUT2D eigenvalue weighted by Crippen LogP contribution is -2.02. The maximum atomic E-state index is 12.8. The molecule has 8 heteroatoms. The molecule has 0 unspecified atom stereocenters. The van der Waals surface area contributed by atoms with Gasteiger partial charge < -0.3 is 10.8 Å². The number of nitrogens with two attached hydrogens (primary N) is 1. The predicted octanol–water partition coefficient (Wildman–Crippen LogP) is 1.49. The third-order valence-corrected chi connectivity index (χ3v) is 3.38. The Morgan fingerprint density at radius 3 is 2.95 bits per heavy atom. The second kappa shape index (κ2) is 5.70. The third kappa shape index (κ3) is 3.44. The molecule has 0 aliphatic heterocycles. The lowest BCUT2D eigenvalue weighted by atomic mass is 10.3. The van der Waals surface area contributed by atoms with Crippen molar-refractivity contribution in [1.29, 1.82) is 0 Å². The molecule has 0 spiro atoms. The van der Waals surface area contributed by atoms with Crippen molar-refractivity contribution >= 4 is 23.4 Å². The second-order valence-corrected chi connectivity index (χ2v) is 4.84. The van der Waals surface area contributed by atoms with E-state index in [9.17, 15) is 9.18 Å². The molecule has 0 atom stereocenters. The number of benzene rings is 1. The largest absolute Gasteiger partial charge is 0.476 e. The number of nitrogens with zero attached hydrogens (tertiary/aromatic N) is 3. The first-order valence-corrected chi connectivity index (χ1v) is 6.36. The maximum Gasteiger partial charge on any atom is 0.358 e. The minimum atomic E-state index is -1.11. The minimum Gasteiger partial charge on any atom is -0.476 e. The van der Waals surface area contributed by atoms with E-state index < -0.39 is 5.97 Å². The first kappa shape index (κ1) is 13.3. The summed E-state index contributed by atoms with van der Waals surface area (Å²) in [5.74, 6) is -0.857. The molecule has 0 aliphatic rings. The highest BCUT2D eigenvalue weighted by atomic mass is 32.2. The van der Waals surface area contributed by atoms with E-state index in [2.05, 4.69) is 10.3 Å². The number of anilines is 1. The van der Waals surface area contributed by atoms with Gasteiger partial charge >= 0.3 is 5.97 Å². The fraction of sp³-hybridized carbons (Fsp3) is 0.182. The van der Waals surface area contributed by atoms with Crippen LogP contribution in [-0.4, -0.2) is 31.8 Å². The molecule has 0 radical (unpaired) electrons. The van der Waals surface area contributed by atoms with Crippen molar-refractivity contribution in [3.63, 3.8) is 0 Å². The Labute approximate surface area is 112 Å². The van der Waals surface area contributed by atoms with Crippen molar-refractivity contribution in [1.82, 2.24) is 15.0 Å². The van der Waals surface area contributed by atoms with E-state index in [-0.39, 0.29) is 11.5 Å². The minimum absolute atomic E-state index is 0.0914. The molecule has 0 saturated heterocycles. The standard InChI is InChI=1S/C11H11FN4O2S/c12-7-1-2-10(8(13)5-7)19-4-3-16-6-9(11(17)18)14-15-16/h1-2,5-6H,3-4,13H2,(H,17,18). The van der Waals surface area contributed by atoms with Gasteiger partial charge in [-0.2, -0.15) is 0 Å². The average molecular weight is 282 g/mol. The summed E-state index contributed by atoms with van der Waals surface area (Å²) < 4.78 is 14.3. The van der Waals surface area contributed by atoms with Crippen LogP contribution in [0.1, 0.15) is 10.5 Å². The molecule has 1 heterocycles. The van der Waals surface area contributed by atoms with Crippen LogP contribution in [-0.2, 0) is 6.54 Å². The van der Waals surface area contributed by atoms with E-state index in [4.69, 9.17) is 10.8 Å². The molecule has 0 aliphatic carbocycles. The number of hydrogen-bond donors (Lipinski definition) is 2. The Kier molecular flexibility index (Phi) is 4.00. The Balaban J connectivity index is 1.90. The van der Waals surface area contributed by atoms with Crippen LogP contribution in [0.3, 0.4) is 0 Å². The van der Waals surface area contributed by atoms with Crippen molar-refractivity contribution in [2.45, 2.75) is 11.4 Å². The summed E-state index contributed by atoms with van der Waals surface area (Å²) in [5, 5.41) is 15.9. The topological polar surface area (TPSA) is 94.0 Å². The third-order valence-electron chi connectivity index (χ3n) is 2.31. The lowest BCUT2D eigenvalue weighted by Gasteiger charge is -2.05. The molecule has 100 valence electrons. The van der Waals surface area contributed by atoms with Gasteiger partial charge in [-0.05, 0) is 18.2 Å². The summed E-state index contributed by atoms with van der Waals surface area (Å²) >= 11 is 1.44. The zero-order valence-electron chi connectivity index (χ0n) is 9.78. The van der Waals surface area contributed by atoms with Crippen LogP contribution in [0.5, 0.6) is 0 Å². The first-order chi connectivity index (χ1) is 9.06. The van der Waals surface area contributed by atoms with Gasteiger partial charge in [-0.1, -0.05) is 5.21 Å². The van der Waals surface area contributed by atoms with Crippen LogP contribution in [0.4, 0.5) is 10.1 Å². The number of hydrogen-bond acceptors (Lipinski definition) is 5. The predicted molar refractivity (Wildman–Crippen MR) is 68.5 cm³/mol.